The summed E-state index contributed by atoms with van der Waals surface area (Å²) in [5.74, 6) is 0.222. The number of sulfonamides is 1. The molecule has 0 aromatic carbocycles. The van der Waals surface area contributed by atoms with Crippen LogP contribution in [0.1, 0.15) is 43.6 Å². The molecule has 5 nitrogen and oxygen atoms in total. The van der Waals surface area contributed by atoms with Crippen LogP contribution < -0.4 is 0 Å². The summed E-state index contributed by atoms with van der Waals surface area (Å²) in [6.45, 7) is 9.16. The third kappa shape index (κ3) is 3.79. The molecule has 0 saturated carbocycles. The lowest BCUT2D eigenvalue weighted by atomic mass is 10.2. The fourth-order valence-corrected chi connectivity index (χ4v) is 3.37. The largest absolute Gasteiger partial charge is 0.270 e. The van der Waals surface area contributed by atoms with Gasteiger partial charge in [0.05, 0.1) is 11.4 Å². The van der Waals surface area contributed by atoms with Gasteiger partial charge in [0.2, 0.25) is 10.0 Å². The molecule has 19 heavy (non-hydrogen) atoms. The van der Waals surface area contributed by atoms with E-state index in [-0.39, 0.29) is 5.75 Å². The number of aromatic nitrogens is 2. The van der Waals surface area contributed by atoms with Crippen molar-refractivity contribution in [3.8, 4) is 0 Å². The average molecular weight is 287 g/mol. The lowest BCUT2D eigenvalue weighted by molar-refractivity contribution is 0.463. The normalized spacial score (nSPS) is 12.3. The van der Waals surface area contributed by atoms with E-state index < -0.39 is 10.0 Å². The van der Waals surface area contributed by atoms with Crippen molar-refractivity contribution in [3.05, 3.63) is 17.0 Å². The first-order valence-electron chi connectivity index (χ1n) is 6.80. The predicted octanol–water partition coefficient (Wildman–Crippen LogP) is 2.08. The zero-order valence-electron chi connectivity index (χ0n) is 12.6. The monoisotopic (exact) mass is 287 g/mol. The molecule has 0 aliphatic rings. The van der Waals surface area contributed by atoms with E-state index in [0.717, 1.165) is 29.9 Å². The Labute approximate surface area is 116 Å². The fraction of sp³-hybridized carbons (Fsp3) is 0.769. The zero-order valence-corrected chi connectivity index (χ0v) is 13.4. The van der Waals surface area contributed by atoms with Crippen LogP contribution in [0.4, 0.5) is 0 Å². The molecule has 1 aromatic heterocycles. The Balaban J connectivity index is 2.88. The van der Waals surface area contributed by atoms with Crippen molar-refractivity contribution in [3.63, 3.8) is 0 Å². The fourth-order valence-electron chi connectivity index (χ4n) is 2.07. The van der Waals surface area contributed by atoms with Crippen molar-refractivity contribution >= 4 is 10.0 Å². The first kappa shape index (κ1) is 16.2. The second-order valence-corrected chi connectivity index (χ2v) is 7.09. The number of rotatable bonds is 7. The van der Waals surface area contributed by atoms with Crippen molar-refractivity contribution < 1.29 is 8.42 Å². The summed E-state index contributed by atoms with van der Waals surface area (Å²) in [4.78, 5) is 0. The molecule has 0 fully saturated rings. The van der Waals surface area contributed by atoms with E-state index in [1.165, 1.54) is 4.31 Å². The highest BCUT2D eigenvalue weighted by molar-refractivity contribution is 7.89. The molecule has 0 radical (unpaired) electrons. The molecule has 0 amide bonds. The number of aryl methyl sites for hydroxylation is 2. The maximum Gasteiger partial charge on any atom is 0.214 e. The average Bonchev–Trinajstić information content (AvgIpc) is 2.63. The van der Waals surface area contributed by atoms with Crippen molar-refractivity contribution in [2.75, 3.05) is 12.8 Å². The molecule has 0 N–H and O–H groups in total. The molecule has 1 aromatic rings. The van der Waals surface area contributed by atoms with Gasteiger partial charge in [0, 0.05) is 31.4 Å². The van der Waals surface area contributed by atoms with Gasteiger partial charge in [-0.25, -0.2) is 12.7 Å². The van der Waals surface area contributed by atoms with Crippen LogP contribution in [0.5, 0.6) is 0 Å². The van der Waals surface area contributed by atoms with Crippen molar-refractivity contribution in [1.82, 2.24) is 14.1 Å². The zero-order chi connectivity index (χ0) is 14.6. The number of hydrogen-bond donors (Lipinski definition) is 0. The molecule has 0 spiro atoms. The Bertz CT molecular complexity index is 520. The first-order valence-corrected chi connectivity index (χ1v) is 8.41. The molecule has 0 bridgehead atoms. The molecule has 0 aliphatic carbocycles. The minimum absolute atomic E-state index is 0.222. The molecule has 1 heterocycles. The van der Waals surface area contributed by atoms with E-state index in [0.29, 0.717) is 13.0 Å². The van der Waals surface area contributed by atoms with Gasteiger partial charge in [-0.1, -0.05) is 13.3 Å². The Morgan fingerprint density at radius 3 is 2.37 bits per heavy atom. The summed E-state index contributed by atoms with van der Waals surface area (Å²) in [5.41, 5.74) is 2.99. The molecular weight excluding hydrogens is 262 g/mol. The van der Waals surface area contributed by atoms with Crippen LogP contribution in [0.2, 0.25) is 0 Å². The van der Waals surface area contributed by atoms with E-state index in [9.17, 15) is 8.42 Å². The van der Waals surface area contributed by atoms with Crippen LogP contribution in [0.3, 0.4) is 0 Å². The molecule has 1 rings (SSSR count). The second-order valence-electron chi connectivity index (χ2n) is 4.89. The summed E-state index contributed by atoms with van der Waals surface area (Å²) in [7, 11) is -1.51. The Kier molecular flexibility index (Phi) is 5.55. The number of unbranched alkanes of at least 4 members (excludes halogenated alkanes) is 1. The quantitative estimate of drug-likeness (QED) is 0.771. The van der Waals surface area contributed by atoms with Crippen LogP contribution in [-0.2, 0) is 23.1 Å². The molecular formula is C13H25N3O2S. The molecule has 0 saturated heterocycles. The van der Waals surface area contributed by atoms with Gasteiger partial charge in [0.25, 0.3) is 0 Å². The van der Waals surface area contributed by atoms with Gasteiger partial charge in [-0.3, -0.25) is 4.68 Å². The van der Waals surface area contributed by atoms with Gasteiger partial charge in [-0.2, -0.15) is 5.10 Å². The van der Waals surface area contributed by atoms with Crippen molar-refractivity contribution in [2.45, 2.75) is 53.6 Å². The molecule has 0 unspecified atom stereocenters. The van der Waals surface area contributed by atoms with Crippen LogP contribution in [-0.4, -0.2) is 35.3 Å². The standard InChI is InChI=1S/C13H25N3O2S/c1-6-8-9-19(17,18)15(5)10-13-11(3)14-16(7-2)12(13)4/h6-10H2,1-5H3. The number of hydrogen-bond acceptors (Lipinski definition) is 3. The van der Waals surface area contributed by atoms with Gasteiger partial charge < -0.3 is 0 Å². The van der Waals surface area contributed by atoms with Crippen LogP contribution in [0.25, 0.3) is 0 Å². The highest BCUT2D eigenvalue weighted by atomic mass is 32.2. The highest BCUT2D eigenvalue weighted by Crippen LogP contribution is 2.17. The Morgan fingerprint density at radius 2 is 1.89 bits per heavy atom. The van der Waals surface area contributed by atoms with Gasteiger partial charge in [0.15, 0.2) is 0 Å². The molecule has 0 atom stereocenters. The molecule has 110 valence electrons. The third-order valence-electron chi connectivity index (χ3n) is 3.44. The predicted molar refractivity (Wildman–Crippen MR) is 77.5 cm³/mol. The first-order chi connectivity index (χ1) is 8.83. The van der Waals surface area contributed by atoms with E-state index in [1.807, 2.05) is 32.4 Å². The van der Waals surface area contributed by atoms with Crippen LogP contribution in [0, 0.1) is 13.8 Å². The van der Waals surface area contributed by atoms with E-state index in [4.69, 9.17) is 0 Å². The Morgan fingerprint density at radius 1 is 1.26 bits per heavy atom. The molecule has 6 heteroatoms. The van der Waals surface area contributed by atoms with Gasteiger partial charge in [-0.05, 0) is 27.2 Å². The summed E-state index contributed by atoms with van der Waals surface area (Å²) in [5, 5.41) is 4.42. The second kappa shape index (κ2) is 6.52. The smallest absolute Gasteiger partial charge is 0.214 e. The Hall–Kier alpha value is -0.880. The SMILES string of the molecule is CCCCS(=O)(=O)N(C)Cc1c(C)nn(CC)c1C. The summed E-state index contributed by atoms with van der Waals surface area (Å²) < 4.78 is 27.5. The maximum atomic E-state index is 12.1. The summed E-state index contributed by atoms with van der Waals surface area (Å²) in [6, 6.07) is 0. The van der Waals surface area contributed by atoms with Gasteiger partial charge in [-0.15, -0.1) is 0 Å². The molecule has 0 aliphatic heterocycles. The number of nitrogens with zero attached hydrogens (tertiary/aromatic N) is 3. The van der Waals surface area contributed by atoms with Crippen molar-refractivity contribution in [2.24, 2.45) is 0 Å². The minimum atomic E-state index is -3.16. The van der Waals surface area contributed by atoms with Crippen LogP contribution in [0.15, 0.2) is 0 Å². The van der Waals surface area contributed by atoms with E-state index >= 15 is 0 Å². The highest BCUT2D eigenvalue weighted by Gasteiger charge is 2.20. The van der Waals surface area contributed by atoms with E-state index in [2.05, 4.69) is 5.10 Å². The lowest BCUT2D eigenvalue weighted by Crippen LogP contribution is -2.29. The lowest BCUT2D eigenvalue weighted by Gasteiger charge is -2.17. The van der Waals surface area contributed by atoms with Crippen LogP contribution >= 0.6 is 0 Å². The van der Waals surface area contributed by atoms with Gasteiger partial charge >= 0.3 is 0 Å². The topological polar surface area (TPSA) is 55.2 Å². The maximum absolute atomic E-state index is 12.1. The summed E-state index contributed by atoms with van der Waals surface area (Å²) >= 11 is 0. The van der Waals surface area contributed by atoms with Gasteiger partial charge in [0.1, 0.15) is 0 Å². The van der Waals surface area contributed by atoms with Crippen molar-refractivity contribution in [1.29, 1.82) is 0 Å². The summed E-state index contributed by atoms with van der Waals surface area (Å²) in [6.07, 6.45) is 1.59. The van der Waals surface area contributed by atoms with E-state index in [1.54, 1.807) is 7.05 Å². The minimum Gasteiger partial charge on any atom is -0.270 e. The third-order valence-corrected chi connectivity index (χ3v) is 5.33.